The minimum atomic E-state index is -2.32. The number of imidazole rings is 1. The van der Waals surface area contributed by atoms with E-state index in [0.717, 1.165) is 4.57 Å². The molecule has 0 saturated heterocycles. The molecule has 0 unspecified atom stereocenters. The summed E-state index contributed by atoms with van der Waals surface area (Å²) in [6.07, 6.45) is -0.0991. The number of rotatable bonds is 0. The van der Waals surface area contributed by atoms with Gasteiger partial charge < -0.3 is 4.57 Å². The summed E-state index contributed by atoms with van der Waals surface area (Å²) in [4.78, 5) is 3.62. The van der Waals surface area contributed by atoms with Crippen molar-refractivity contribution in [2.24, 2.45) is 6.98 Å². The van der Waals surface area contributed by atoms with E-state index in [9.17, 15) is 0 Å². The summed E-state index contributed by atoms with van der Waals surface area (Å²) in [5.74, 6) is 0. The van der Waals surface area contributed by atoms with Crippen LogP contribution in [-0.2, 0) is 6.98 Å². The molecule has 2 nitrogen and oxygen atoms in total. The minimum absolute atomic E-state index is 0.0991. The Morgan fingerprint density at radius 1 is 2.00 bits per heavy atom. The second kappa shape index (κ2) is 2.19. The number of hydrogen-bond acceptors (Lipinski definition) is 1. The van der Waals surface area contributed by atoms with E-state index in [4.69, 9.17) is 5.48 Å². The van der Waals surface area contributed by atoms with Gasteiger partial charge in [-0.1, -0.05) is 0 Å². The maximum absolute atomic E-state index is 7.20. The van der Waals surface area contributed by atoms with Crippen LogP contribution in [0.1, 0.15) is 5.48 Å². The maximum Gasteiger partial charge on any atom is 0.177 e. The molecule has 0 bridgehead atoms. The van der Waals surface area contributed by atoms with Crippen LogP contribution in [0.25, 0.3) is 0 Å². The molecule has 1 heterocycles. The van der Waals surface area contributed by atoms with Crippen molar-refractivity contribution < 1.29 is 5.48 Å². The topological polar surface area (TPSA) is 17.8 Å². The van der Waals surface area contributed by atoms with Crippen molar-refractivity contribution >= 4 is 31.9 Å². The number of nitrogens with zero attached hydrogens (tertiary/aromatic N) is 2. The molecule has 44 valence electrons. The van der Waals surface area contributed by atoms with Crippen LogP contribution in [0, 0.1) is 0 Å². The second-order valence-corrected chi connectivity index (χ2v) is 2.58. The van der Waals surface area contributed by atoms with Gasteiger partial charge in [0, 0.05) is 11.1 Å². The van der Waals surface area contributed by atoms with Crippen LogP contribution in [0.3, 0.4) is 0 Å². The van der Waals surface area contributed by atoms with Crippen molar-refractivity contribution in [3.05, 3.63) is 15.5 Å². The Hall–Kier alpha value is 0.170. The van der Waals surface area contributed by atoms with Gasteiger partial charge in [0.1, 0.15) is 4.60 Å². The van der Waals surface area contributed by atoms with Crippen LogP contribution in [-0.4, -0.2) is 9.55 Å². The van der Waals surface area contributed by atoms with Gasteiger partial charge in [-0.3, -0.25) is 0 Å². The molecule has 8 heavy (non-hydrogen) atoms. The molecule has 0 aliphatic heterocycles. The Bertz CT molecular complexity index is 305. The fourth-order valence-electron chi connectivity index (χ4n) is 0.273. The lowest BCUT2D eigenvalue weighted by atomic mass is 10.9. The van der Waals surface area contributed by atoms with Gasteiger partial charge in [0.05, 0.1) is 7.54 Å². The molecular formula is C4H4Br2N2. The highest BCUT2D eigenvalue weighted by molar-refractivity contribution is 9.11. The maximum atomic E-state index is 7.20. The van der Waals surface area contributed by atoms with Crippen LogP contribution in [0.4, 0.5) is 0 Å². The molecule has 0 atom stereocenters. The Balaban J connectivity index is 3.32. The van der Waals surface area contributed by atoms with E-state index in [1.807, 2.05) is 0 Å². The zero-order valence-electron chi connectivity index (χ0n) is 7.65. The molecule has 0 aromatic carbocycles. The van der Waals surface area contributed by atoms with Gasteiger partial charge >= 0.3 is 0 Å². The van der Waals surface area contributed by atoms with Crippen molar-refractivity contribution in [2.45, 2.75) is 0 Å². The van der Waals surface area contributed by atoms with Gasteiger partial charge in [0.25, 0.3) is 0 Å². The first-order valence-corrected chi connectivity index (χ1v) is 3.33. The monoisotopic (exact) mass is 242 g/mol. The lowest BCUT2D eigenvalue weighted by Crippen LogP contribution is -1.85. The van der Waals surface area contributed by atoms with Gasteiger partial charge in [0.2, 0.25) is 0 Å². The molecule has 1 rings (SSSR count). The van der Waals surface area contributed by atoms with Crippen LogP contribution in [0.15, 0.2) is 15.5 Å². The molecule has 0 aliphatic carbocycles. The Kier molecular flexibility index (Phi) is 0.775. The van der Waals surface area contributed by atoms with E-state index in [0.29, 0.717) is 0 Å². The first-order valence-electron chi connectivity index (χ1n) is 3.75. The minimum Gasteiger partial charge on any atom is -0.316 e. The third-order valence-electron chi connectivity index (χ3n) is 0.621. The van der Waals surface area contributed by atoms with Gasteiger partial charge in [-0.15, -0.1) is 0 Å². The van der Waals surface area contributed by atoms with Crippen LogP contribution >= 0.6 is 31.9 Å². The zero-order chi connectivity index (χ0) is 9.52. The summed E-state index contributed by atoms with van der Waals surface area (Å²) >= 11 is 5.91. The van der Waals surface area contributed by atoms with E-state index in [-0.39, 0.29) is 15.5 Å². The zero-order valence-corrected chi connectivity index (χ0v) is 6.82. The molecule has 0 saturated carbocycles. The van der Waals surface area contributed by atoms with Gasteiger partial charge in [0.15, 0.2) is 4.73 Å². The van der Waals surface area contributed by atoms with Gasteiger partial charge in [-0.05, 0) is 31.9 Å². The van der Waals surface area contributed by atoms with Gasteiger partial charge in [-0.2, -0.15) is 0 Å². The molecule has 0 radical (unpaired) electrons. The SMILES string of the molecule is [2H]c1nc(Br)n(C([2H])([2H])[2H])c1Br. The summed E-state index contributed by atoms with van der Waals surface area (Å²) in [5, 5.41) is 0. The molecule has 0 fully saturated rings. The Labute approximate surface area is 69.8 Å². The molecular weight excluding hydrogens is 236 g/mol. The van der Waals surface area contributed by atoms with Crippen molar-refractivity contribution in [2.75, 3.05) is 0 Å². The third-order valence-corrected chi connectivity index (χ3v) is 1.69. The first kappa shape index (κ1) is 2.84. The molecule has 0 spiro atoms. The fraction of sp³-hybridized carbons (Fsp3) is 0.250. The summed E-state index contributed by atoms with van der Waals surface area (Å²) in [6, 6.07) is 0. The summed E-state index contributed by atoms with van der Waals surface area (Å²) in [7, 11) is 0. The van der Waals surface area contributed by atoms with Crippen LogP contribution in [0.5, 0.6) is 0 Å². The molecule has 0 amide bonds. The first-order chi connectivity index (χ1) is 5.34. The predicted molar refractivity (Wildman–Crippen MR) is 38.6 cm³/mol. The van der Waals surface area contributed by atoms with Crippen molar-refractivity contribution in [3.8, 4) is 0 Å². The summed E-state index contributed by atoms with van der Waals surface area (Å²) < 4.78 is 29.6. The third kappa shape index (κ3) is 0.951. The molecule has 1 aromatic heterocycles. The largest absolute Gasteiger partial charge is 0.316 e. The second-order valence-electron chi connectivity index (χ2n) is 1.12. The number of aromatic nitrogens is 2. The number of halogens is 2. The van der Waals surface area contributed by atoms with Crippen molar-refractivity contribution in [1.29, 1.82) is 0 Å². The van der Waals surface area contributed by atoms with E-state index in [1.54, 1.807) is 0 Å². The number of hydrogen-bond donors (Lipinski definition) is 0. The van der Waals surface area contributed by atoms with E-state index in [1.165, 1.54) is 0 Å². The quantitative estimate of drug-likeness (QED) is 0.681. The Morgan fingerprint density at radius 3 is 3.00 bits per heavy atom. The van der Waals surface area contributed by atoms with Crippen LogP contribution in [0.2, 0.25) is 0 Å². The van der Waals surface area contributed by atoms with E-state index >= 15 is 0 Å². The van der Waals surface area contributed by atoms with E-state index in [2.05, 4.69) is 36.8 Å². The lowest BCUT2D eigenvalue weighted by Gasteiger charge is -1.90. The van der Waals surface area contributed by atoms with E-state index < -0.39 is 6.98 Å². The normalized spacial score (nSPS) is 18.8. The smallest absolute Gasteiger partial charge is 0.177 e. The van der Waals surface area contributed by atoms with Crippen LogP contribution < -0.4 is 0 Å². The average molecular weight is 244 g/mol. The lowest BCUT2D eigenvalue weighted by molar-refractivity contribution is 0.860. The highest BCUT2D eigenvalue weighted by atomic mass is 79.9. The predicted octanol–water partition coefficient (Wildman–Crippen LogP) is 1.95. The standard InChI is InChI=1S/C4H4Br2N2/c1-8-3(5)2-7-4(8)6/h2H,1H3/i1D3,2D. The Morgan fingerprint density at radius 2 is 2.75 bits per heavy atom. The summed E-state index contributed by atoms with van der Waals surface area (Å²) in [6.45, 7) is -2.32. The molecule has 1 aromatic rings. The molecule has 0 aliphatic rings. The molecule has 0 N–H and O–H groups in total. The fourth-order valence-corrected chi connectivity index (χ4v) is 1.03. The van der Waals surface area contributed by atoms with Crippen molar-refractivity contribution in [1.82, 2.24) is 9.55 Å². The highest BCUT2D eigenvalue weighted by Crippen LogP contribution is 2.13. The van der Waals surface area contributed by atoms with Crippen molar-refractivity contribution in [3.63, 3.8) is 0 Å². The molecule has 4 heteroatoms. The highest BCUT2D eigenvalue weighted by Gasteiger charge is 1.96. The summed E-state index contributed by atoms with van der Waals surface area (Å²) in [5.41, 5.74) is 0. The average Bonchev–Trinajstić information content (AvgIpc) is 2.05. The van der Waals surface area contributed by atoms with Gasteiger partial charge in [-0.25, -0.2) is 4.98 Å².